The monoisotopic (exact) mass is 339 g/mol. The predicted molar refractivity (Wildman–Crippen MR) is 95.2 cm³/mol. The van der Waals surface area contributed by atoms with Crippen molar-refractivity contribution in [1.82, 2.24) is 9.97 Å². The molecule has 3 aromatic rings. The van der Waals surface area contributed by atoms with Gasteiger partial charge in [0.05, 0.1) is 5.69 Å². The van der Waals surface area contributed by atoms with Gasteiger partial charge in [-0.2, -0.15) is 0 Å². The van der Waals surface area contributed by atoms with Gasteiger partial charge in [0.2, 0.25) is 0 Å². The fraction of sp³-hybridized carbons (Fsp3) is 0.167. The number of hydrogen-bond donors (Lipinski definition) is 1. The number of carbonyl (C=O) groups excluding carboxylic acids is 1. The first-order valence-corrected chi connectivity index (χ1v) is 8.40. The van der Waals surface area contributed by atoms with Crippen LogP contribution in [0.1, 0.15) is 12.5 Å². The van der Waals surface area contributed by atoms with Gasteiger partial charge in [-0.1, -0.05) is 12.1 Å². The van der Waals surface area contributed by atoms with E-state index >= 15 is 0 Å². The lowest BCUT2D eigenvalue weighted by Crippen LogP contribution is -2.30. The van der Waals surface area contributed by atoms with Crippen molar-refractivity contribution >= 4 is 22.4 Å². The summed E-state index contributed by atoms with van der Waals surface area (Å²) in [7, 11) is 0. The molecule has 0 fully saturated rings. The van der Waals surface area contributed by atoms with Crippen molar-refractivity contribution in [3.05, 3.63) is 59.7 Å². The van der Waals surface area contributed by atoms with Crippen molar-refractivity contribution in [2.75, 3.05) is 5.32 Å². The van der Waals surface area contributed by atoms with Crippen LogP contribution < -0.4 is 10.1 Å². The van der Waals surface area contributed by atoms with Crippen LogP contribution in [0.2, 0.25) is 0 Å². The largest absolute Gasteiger partial charge is 0.481 e. The lowest BCUT2D eigenvalue weighted by molar-refractivity contribution is -0.122. The second-order valence-electron chi connectivity index (χ2n) is 5.35. The molecule has 122 valence electrons. The van der Waals surface area contributed by atoms with Crippen LogP contribution in [0.25, 0.3) is 11.3 Å². The average Bonchev–Trinajstić information content (AvgIpc) is 3.04. The molecule has 0 aliphatic heterocycles. The third-order valence-electron chi connectivity index (χ3n) is 3.36. The van der Waals surface area contributed by atoms with Gasteiger partial charge in [-0.05, 0) is 43.7 Å². The Bertz CT molecular complexity index is 833. The number of amides is 1. The number of nitrogens with zero attached hydrogens (tertiary/aromatic N) is 2. The highest BCUT2D eigenvalue weighted by molar-refractivity contribution is 7.14. The molecule has 1 amide bonds. The van der Waals surface area contributed by atoms with Crippen molar-refractivity contribution < 1.29 is 9.53 Å². The Labute approximate surface area is 144 Å². The van der Waals surface area contributed by atoms with Gasteiger partial charge < -0.3 is 4.74 Å². The Morgan fingerprint density at radius 1 is 1.29 bits per heavy atom. The highest BCUT2D eigenvalue weighted by Crippen LogP contribution is 2.24. The fourth-order valence-electron chi connectivity index (χ4n) is 2.13. The van der Waals surface area contributed by atoms with Gasteiger partial charge >= 0.3 is 0 Å². The SMILES string of the molecule is Cc1cccc(O[C@@H](C)C(=O)Nc2nc(-c3cccnc3)cs2)c1. The number of aryl methyl sites for hydroxylation is 1. The third kappa shape index (κ3) is 3.97. The Morgan fingerprint density at radius 2 is 2.17 bits per heavy atom. The molecule has 0 radical (unpaired) electrons. The Morgan fingerprint density at radius 3 is 2.92 bits per heavy atom. The zero-order valence-corrected chi connectivity index (χ0v) is 14.2. The van der Waals surface area contributed by atoms with Gasteiger partial charge in [0.1, 0.15) is 5.75 Å². The van der Waals surface area contributed by atoms with Crippen LogP contribution in [0.3, 0.4) is 0 Å². The summed E-state index contributed by atoms with van der Waals surface area (Å²) >= 11 is 1.37. The Kier molecular flexibility index (Phi) is 4.86. The Hall–Kier alpha value is -2.73. The minimum atomic E-state index is -0.613. The molecule has 2 heterocycles. The number of ether oxygens (including phenoxy) is 1. The molecule has 1 N–H and O–H groups in total. The first kappa shape index (κ1) is 16.1. The number of hydrogen-bond acceptors (Lipinski definition) is 5. The van der Waals surface area contributed by atoms with Gasteiger partial charge in [0.15, 0.2) is 11.2 Å². The van der Waals surface area contributed by atoms with Crippen LogP contribution in [0.15, 0.2) is 54.2 Å². The van der Waals surface area contributed by atoms with Crippen molar-refractivity contribution in [3.8, 4) is 17.0 Å². The minimum Gasteiger partial charge on any atom is -0.481 e. The number of thiazole rings is 1. The van der Waals surface area contributed by atoms with E-state index in [1.54, 1.807) is 19.3 Å². The topological polar surface area (TPSA) is 64.1 Å². The standard InChI is InChI=1S/C18H17N3O2S/c1-12-5-3-7-15(9-12)23-13(2)17(22)21-18-20-16(11-24-18)14-6-4-8-19-10-14/h3-11,13H,1-2H3,(H,20,21,22)/t13-/m0/s1. The smallest absolute Gasteiger partial charge is 0.266 e. The van der Waals surface area contributed by atoms with Crippen LogP contribution in [-0.4, -0.2) is 22.0 Å². The molecule has 0 aliphatic rings. The molecule has 0 spiro atoms. The molecular formula is C18H17N3O2S. The average molecular weight is 339 g/mol. The lowest BCUT2D eigenvalue weighted by atomic mass is 10.2. The van der Waals surface area contributed by atoms with Crippen LogP contribution >= 0.6 is 11.3 Å². The summed E-state index contributed by atoms with van der Waals surface area (Å²) in [5, 5.41) is 5.22. The molecule has 0 aliphatic carbocycles. The van der Waals surface area contributed by atoms with Gasteiger partial charge in [0.25, 0.3) is 5.91 Å². The van der Waals surface area contributed by atoms with E-state index in [4.69, 9.17) is 4.74 Å². The molecule has 0 saturated heterocycles. The summed E-state index contributed by atoms with van der Waals surface area (Å²) in [5.41, 5.74) is 2.79. The summed E-state index contributed by atoms with van der Waals surface area (Å²) in [5.74, 6) is 0.441. The van der Waals surface area contributed by atoms with Crippen LogP contribution in [0.4, 0.5) is 5.13 Å². The summed E-state index contributed by atoms with van der Waals surface area (Å²) in [6.07, 6.45) is 2.84. The Balaban J connectivity index is 1.63. The zero-order chi connectivity index (χ0) is 16.9. The van der Waals surface area contributed by atoms with E-state index in [2.05, 4.69) is 15.3 Å². The number of pyridine rings is 1. The molecule has 24 heavy (non-hydrogen) atoms. The maximum Gasteiger partial charge on any atom is 0.266 e. The molecular weight excluding hydrogens is 322 g/mol. The van der Waals surface area contributed by atoms with E-state index in [1.807, 2.05) is 48.7 Å². The van der Waals surface area contributed by atoms with Crippen molar-refractivity contribution in [2.45, 2.75) is 20.0 Å². The van der Waals surface area contributed by atoms with Crippen LogP contribution in [-0.2, 0) is 4.79 Å². The van der Waals surface area contributed by atoms with E-state index in [1.165, 1.54) is 11.3 Å². The quantitative estimate of drug-likeness (QED) is 0.765. The van der Waals surface area contributed by atoms with Crippen molar-refractivity contribution in [3.63, 3.8) is 0 Å². The first-order chi connectivity index (χ1) is 11.6. The molecule has 3 rings (SSSR count). The number of nitrogens with one attached hydrogen (secondary N) is 1. The molecule has 5 nitrogen and oxygen atoms in total. The number of rotatable bonds is 5. The molecule has 0 saturated carbocycles. The number of aromatic nitrogens is 2. The summed E-state index contributed by atoms with van der Waals surface area (Å²) in [6, 6.07) is 11.4. The fourth-order valence-corrected chi connectivity index (χ4v) is 2.85. The predicted octanol–water partition coefficient (Wildman–Crippen LogP) is 3.92. The number of carbonyl (C=O) groups is 1. The van der Waals surface area contributed by atoms with Gasteiger partial charge in [-0.25, -0.2) is 4.98 Å². The number of benzene rings is 1. The molecule has 2 aromatic heterocycles. The molecule has 0 bridgehead atoms. The minimum absolute atomic E-state index is 0.233. The second-order valence-corrected chi connectivity index (χ2v) is 6.20. The maximum absolute atomic E-state index is 12.3. The highest BCUT2D eigenvalue weighted by atomic mass is 32.1. The summed E-state index contributed by atoms with van der Waals surface area (Å²) in [6.45, 7) is 3.69. The van der Waals surface area contributed by atoms with Crippen molar-refractivity contribution in [2.24, 2.45) is 0 Å². The first-order valence-electron chi connectivity index (χ1n) is 7.52. The van der Waals surface area contributed by atoms with Gasteiger partial charge in [0, 0.05) is 23.3 Å². The summed E-state index contributed by atoms with van der Waals surface area (Å²) < 4.78 is 5.68. The molecule has 1 aromatic carbocycles. The molecule has 1 atom stereocenters. The van der Waals surface area contributed by atoms with E-state index in [0.29, 0.717) is 10.9 Å². The number of anilines is 1. The van der Waals surface area contributed by atoms with E-state index in [-0.39, 0.29) is 5.91 Å². The second kappa shape index (κ2) is 7.23. The van der Waals surface area contributed by atoms with Gasteiger partial charge in [-0.3, -0.25) is 15.1 Å². The van der Waals surface area contributed by atoms with Crippen LogP contribution in [0, 0.1) is 6.92 Å². The lowest BCUT2D eigenvalue weighted by Gasteiger charge is -2.14. The van der Waals surface area contributed by atoms with Gasteiger partial charge in [-0.15, -0.1) is 11.3 Å². The maximum atomic E-state index is 12.3. The zero-order valence-electron chi connectivity index (χ0n) is 13.4. The third-order valence-corrected chi connectivity index (χ3v) is 4.12. The van der Waals surface area contributed by atoms with E-state index < -0.39 is 6.10 Å². The van der Waals surface area contributed by atoms with Crippen LogP contribution in [0.5, 0.6) is 5.75 Å². The normalized spacial score (nSPS) is 11.8. The van der Waals surface area contributed by atoms with E-state index in [0.717, 1.165) is 16.8 Å². The highest BCUT2D eigenvalue weighted by Gasteiger charge is 2.16. The van der Waals surface area contributed by atoms with Crippen molar-refractivity contribution in [1.29, 1.82) is 0 Å². The van der Waals surface area contributed by atoms with E-state index in [9.17, 15) is 4.79 Å². The molecule has 6 heteroatoms. The summed E-state index contributed by atoms with van der Waals surface area (Å²) in [4.78, 5) is 20.8. The molecule has 0 unspecified atom stereocenters.